The number of rotatable bonds is 9. The van der Waals surface area contributed by atoms with Crippen LogP contribution >= 0.6 is 0 Å². The summed E-state index contributed by atoms with van der Waals surface area (Å²) in [7, 11) is -3.09. The predicted molar refractivity (Wildman–Crippen MR) is 102 cm³/mol. The van der Waals surface area contributed by atoms with Crippen molar-refractivity contribution in [2.75, 3.05) is 0 Å². The first kappa shape index (κ1) is 20.9. The van der Waals surface area contributed by atoms with E-state index >= 15 is 0 Å². The Morgan fingerprint density at radius 3 is 1.58 bits per heavy atom. The van der Waals surface area contributed by atoms with Crippen LogP contribution in [0.1, 0.15) is 66.4 Å². The van der Waals surface area contributed by atoms with Crippen LogP contribution in [-0.4, -0.2) is 27.1 Å². The van der Waals surface area contributed by atoms with E-state index in [1.54, 1.807) is 0 Å². The highest BCUT2D eigenvalue weighted by Crippen LogP contribution is 2.20. The highest BCUT2D eigenvalue weighted by Gasteiger charge is 2.44. The third-order valence-corrected chi connectivity index (χ3v) is 6.50. The lowest BCUT2D eigenvalue weighted by molar-refractivity contribution is 0.00165. The molecule has 134 valence electrons. The SMILES string of the molecule is CCC(C)O[Si](C#Cc1ccccc1)(OC(C)CC)OC(C)CC. The summed E-state index contributed by atoms with van der Waals surface area (Å²) in [5.74, 6) is 3.21. The Kier molecular flexibility index (Phi) is 9.31. The zero-order valence-corrected chi connectivity index (χ0v) is 17.0. The van der Waals surface area contributed by atoms with Gasteiger partial charge in [-0.2, -0.15) is 0 Å². The zero-order valence-electron chi connectivity index (χ0n) is 16.0. The Balaban J connectivity index is 3.19. The van der Waals surface area contributed by atoms with Crippen molar-refractivity contribution in [3.8, 4) is 11.5 Å². The van der Waals surface area contributed by atoms with E-state index in [2.05, 4.69) is 32.2 Å². The Hall–Kier alpha value is -1.12. The summed E-state index contributed by atoms with van der Waals surface area (Å²) in [5.41, 5.74) is 4.21. The van der Waals surface area contributed by atoms with Gasteiger partial charge in [0.1, 0.15) is 0 Å². The minimum Gasteiger partial charge on any atom is -0.361 e. The molecular formula is C20H32O3Si. The Morgan fingerprint density at radius 1 is 0.792 bits per heavy atom. The van der Waals surface area contributed by atoms with Crippen molar-refractivity contribution in [3.05, 3.63) is 35.9 Å². The Labute approximate surface area is 149 Å². The number of hydrogen-bond acceptors (Lipinski definition) is 3. The Morgan fingerprint density at radius 2 is 1.21 bits per heavy atom. The van der Waals surface area contributed by atoms with Crippen LogP contribution in [0.4, 0.5) is 0 Å². The van der Waals surface area contributed by atoms with Crippen molar-refractivity contribution in [1.82, 2.24) is 0 Å². The van der Waals surface area contributed by atoms with Crippen molar-refractivity contribution >= 4 is 8.80 Å². The maximum atomic E-state index is 6.27. The topological polar surface area (TPSA) is 27.7 Å². The van der Waals surface area contributed by atoms with E-state index in [0.717, 1.165) is 24.8 Å². The molecule has 0 aliphatic rings. The first-order valence-electron chi connectivity index (χ1n) is 9.06. The van der Waals surface area contributed by atoms with Crippen LogP contribution in [0.5, 0.6) is 0 Å². The van der Waals surface area contributed by atoms with Crippen LogP contribution in [-0.2, 0) is 13.3 Å². The van der Waals surface area contributed by atoms with E-state index in [0.29, 0.717) is 0 Å². The second kappa shape index (κ2) is 10.7. The molecule has 3 unspecified atom stereocenters. The molecule has 0 amide bonds. The quantitative estimate of drug-likeness (QED) is 0.466. The fraction of sp³-hybridized carbons (Fsp3) is 0.600. The van der Waals surface area contributed by atoms with Crippen LogP contribution in [0.2, 0.25) is 0 Å². The van der Waals surface area contributed by atoms with E-state index in [-0.39, 0.29) is 18.3 Å². The highest BCUT2D eigenvalue weighted by molar-refractivity contribution is 6.69. The molecule has 0 aromatic heterocycles. The van der Waals surface area contributed by atoms with Crippen LogP contribution in [0.25, 0.3) is 0 Å². The molecule has 1 aromatic rings. The standard InChI is InChI=1S/C20H32O3Si/c1-7-17(4)21-24(22-18(5)8-2,23-19(6)9-3)16-15-20-13-11-10-12-14-20/h10-14,17-19H,7-9H2,1-6H3. The minimum absolute atomic E-state index is 0.0508. The van der Waals surface area contributed by atoms with Gasteiger partial charge in [0.2, 0.25) is 0 Å². The molecule has 0 saturated carbocycles. The second-order valence-corrected chi connectivity index (χ2v) is 8.25. The first-order chi connectivity index (χ1) is 11.4. The molecule has 0 radical (unpaired) electrons. The van der Waals surface area contributed by atoms with Crippen molar-refractivity contribution in [2.45, 2.75) is 79.1 Å². The molecule has 0 fully saturated rings. The van der Waals surface area contributed by atoms with E-state index in [9.17, 15) is 0 Å². The van der Waals surface area contributed by atoms with Gasteiger partial charge in [-0.05, 0) is 57.7 Å². The molecule has 0 bridgehead atoms. The smallest absolute Gasteiger partial charge is 0.361 e. The fourth-order valence-electron chi connectivity index (χ4n) is 1.89. The third-order valence-electron chi connectivity index (χ3n) is 3.93. The highest BCUT2D eigenvalue weighted by atomic mass is 28.4. The summed E-state index contributed by atoms with van der Waals surface area (Å²) in [5, 5.41) is 0. The average Bonchev–Trinajstić information content (AvgIpc) is 2.60. The van der Waals surface area contributed by atoms with E-state index in [1.807, 2.05) is 51.1 Å². The first-order valence-corrected chi connectivity index (χ1v) is 10.8. The average molecular weight is 349 g/mol. The van der Waals surface area contributed by atoms with Gasteiger partial charge in [-0.3, -0.25) is 0 Å². The summed E-state index contributed by atoms with van der Waals surface area (Å²) in [6.07, 6.45) is 2.85. The van der Waals surface area contributed by atoms with Crippen molar-refractivity contribution < 1.29 is 13.3 Å². The zero-order chi connectivity index (χ0) is 18.0. The van der Waals surface area contributed by atoms with Crippen LogP contribution < -0.4 is 0 Å². The molecule has 0 N–H and O–H groups in total. The van der Waals surface area contributed by atoms with E-state index in [4.69, 9.17) is 13.3 Å². The molecule has 1 rings (SSSR count). The molecule has 4 heteroatoms. The van der Waals surface area contributed by atoms with E-state index in [1.165, 1.54) is 0 Å². The van der Waals surface area contributed by atoms with Gasteiger partial charge >= 0.3 is 8.80 Å². The lowest BCUT2D eigenvalue weighted by atomic mass is 10.2. The van der Waals surface area contributed by atoms with Crippen molar-refractivity contribution in [2.24, 2.45) is 0 Å². The lowest BCUT2D eigenvalue weighted by Crippen LogP contribution is -2.51. The molecule has 0 saturated heterocycles. The third kappa shape index (κ3) is 7.19. The van der Waals surface area contributed by atoms with Crippen LogP contribution in [0.15, 0.2) is 30.3 Å². The lowest BCUT2D eigenvalue weighted by Gasteiger charge is -2.32. The van der Waals surface area contributed by atoms with Crippen molar-refractivity contribution in [3.63, 3.8) is 0 Å². The molecule has 1 aromatic carbocycles. The molecule has 0 aliphatic carbocycles. The van der Waals surface area contributed by atoms with E-state index < -0.39 is 8.80 Å². The maximum Gasteiger partial charge on any atom is 0.592 e. The molecule has 0 heterocycles. The van der Waals surface area contributed by atoms with Gasteiger partial charge in [0.05, 0.1) is 0 Å². The molecule has 0 spiro atoms. The van der Waals surface area contributed by atoms with Gasteiger partial charge in [-0.25, -0.2) is 0 Å². The summed E-state index contributed by atoms with van der Waals surface area (Å²) < 4.78 is 18.8. The van der Waals surface area contributed by atoms with Crippen LogP contribution in [0.3, 0.4) is 0 Å². The summed E-state index contributed by atoms with van der Waals surface area (Å²) in [4.78, 5) is 0. The number of benzene rings is 1. The second-order valence-electron chi connectivity index (χ2n) is 6.18. The fourth-order valence-corrected chi connectivity index (χ4v) is 4.62. The van der Waals surface area contributed by atoms with Gasteiger partial charge in [-0.1, -0.05) is 44.9 Å². The monoisotopic (exact) mass is 348 g/mol. The minimum atomic E-state index is -3.09. The van der Waals surface area contributed by atoms with Gasteiger partial charge in [0, 0.05) is 23.9 Å². The van der Waals surface area contributed by atoms with Crippen molar-refractivity contribution in [1.29, 1.82) is 0 Å². The molecule has 3 nitrogen and oxygen atoms in total. The van der Waals surface area contributed by atoms with Crippen LogP contribution in [0, 0.1) is 11.5 Å². The van der Waals surface area contributed by atoms with Gasteiger partial charge in [-0.15, -0.1) is 0 Å². The summed E-state index contributed by atoms with van der Waals surface area (Å²) >= 11 is 0. The largest absolute Gasteiger partial charge is 0.592 e. The number of hydrogen-bond donors (Lipinski definition) is 0. The molecule has 24 heavy (non-hydrogen) atoms. The molecular weight excluding hydrogens is 316 g/mol. The Bertz CT molecular complexity index is 489. The normalized spacial score (nSPS) is 17.2. The van der Waals surface area contributed by atoms with Gasteiger partial charge in [0.15, 0.2) is 0 Å². The van der Waals surface area contributed by atoms with Gasteiger partial charge in [0.25, 0.3) is 0 Å². The maximum absolute atomic E-state index is 6.27. The molecule has 0 aliphatic heterocycles. The van der Waals surface area contributed by atoms with Gasteiger partial charge < -0.3 is 13.3 Å². The predicted octanol–water partition coefficient (Wildman–Crippen LogP) is 4.96. The summed E-state index contributed by atoms with van der Waals surface area (Å²) in [6.45, 7) is 12.4. The molecule has 3 atom stereocenters. The summed E-state index contributed by atoms with van der Waals surface area (Å²) in [6, 6.07) is 9.92.